The van der Waals surface area contributed by atoms with Crippen molar-refractivity contribution in [3.8, 4) is 0 Å². The second kappa shape index (κ2) is 5.06. The molecule has 0 aliphatic carbocycles. The molecule has 0 saturated heterocycles. The average molecular weight is 300 g/mol. The minimum atomic E-state index is -3.93. The second-order valence-corrected chi connectivity index (χ2v) is 6.15. The number of sulfonamides is 1. The summed E-state index contributed by atoms with van der Waals surface area (Å²) in [4.78, 5) is 14.9. The first kappa shape index (κ1) is 13.4. The smallest absolute Gasteiger partial charge is 0.267 e. The summed E-state index contributed by atoms with van der Waals surface area (Å²) >= 11 is 0. The zero-order valence-electron chi connectivity index (χ0n) is 10.9. The Labute approximate surface area is 121 Å². The number of fused-ring (bicyclic) bond motifs is 1. The van der Waals surface area contributed by atoms with Crippen LogP contribution in [0.15, 0.2) is 70.5 Å². The summed E-state index contributed by atoms with van der Waals surface area (Å²) < 4.78 is 27.1. The molecule has 0 aliphatic heterocycles. The van der Waals surface area contributed by atoms with Crippen molar-refractivity contribution >= 4 is 26.6 Å². The van der Waals surface area contributed by atoms with E-state index in [1.54, 1.807) is 54.6 Å². The lowest BCUT2D eigenvalue weighted by molar-refractivity contribution is 0.600. The lowest BCUT2D eigenvalue weighted by atomic mass is 10.2. The van der Waals surface area contributed by atoms with Gasteiger partial charge in [-0.3, -0.25) is 9.52 Å². The Morgan fingerprint density at radius 1 is 0.905 bits per heavy atom. The van der Waals surface area contributed by atoms with Gasteiger partial charge >= 0.3 is 0 Å². The molecule has 5 nitrogen and oxygen atoms in total. The fraction of sp³-hybridized carbons (Fsp3) is 0. The Balaban J connectivity index is 2.11. The molecule has 21 heavy (non-hydrogen) atoms. The largest absolute Gasteiger partial charge is 0.360 e. The number of pyridine rings is 1. The number of hydrogen-bond acceptors (Lipinski definition) is 3. The van der Waals surface area contributed by atoms with Gasteiger partial charge in [0.15, 0.2) is 4.90 Å². The lowest BCUT2D eigenvalue weighted by Crippen LogP contribution is -2.21. The SMILES string of the molecule is O=c1c(S(=O)(=O)Nc2ccccc2)c[nH]c2ccccc12. The highest BCUT2D eigenvalue weighted by molar-refractivity contribution is 7.92. The van der Waals surface area contributed by atoms with E-state index in [2.05, 4.69) is 9.71 Å². The molecule has 0 unspecified atom stereocenters. The molecule has 2 N–H and O–H groups in total. The van der Waals surface area contributed by atoms with Crippen molar-refractivity contribution in [1.29, 1.82) is 0 Å². The lowest BCUT2D eigenvalue weighted by Gasteiger charge is -2.08. The van der Waals surface area contributed by atoms with E-state index < -0.39 is 15.5 Å². The number of H-pyrrole nitrogens is 1. The number of para-hydroxylation sites is 2. The minimum Gasteiger partial charge on any atom is -0.360 e. The number of anilines is 1. The molecule has 2 aromatic carbocycles. The molecule has 0 radical (unpaired) electrons. The van der Waals surface area contributed by atoms with Gasteiger partial charge in [-0.25, -0.2) is 8.42 Å². The van der Waals surface area contributed by atoms with Crippen molar-refractivity contribution in [2.24, 2.45) is 0 Å². The quantitative estimate of drug-likeness (QED) is 0.779. The molecule has 0 fully saturated rings. The Morgan fingerprint density at radius 2 is 1.57 bits per heavy atom. The summed E-state index contributed by atoms with van der Waals surface area (Å²) in [6.45, 7) is 0. The normalized spacial score (nSPS) is 11.4. The number of rotatable bonds is 3. The molecule has 0 spiro atoms. The van der Waals surface area contributed by atoms with Gasteiger partial charge in [0.25, 0.3) is 10.0 Å². The highest BCUT2D eigenvalue weighted by atomic mass is 32.2. The topological polar surface area (TPSA) is 79.0 Å². The number of aromatic amines is 1. The monoisotopic (exact) mass is 300 g/mol. The summed E-state index contributed by atoms with van der Waals surface area (Å²) in [7, 11) is -3.93. The van der Waals surface area contributed by atoms with Crippen LogP contribution in [0.4, 0.5) is 5.69 Å². The van der Waals surface area contributed by atoms with Gasteiger partial charge in [0.1, 0.15) is 0 Å². The van der Waals surface area contributed by atoms with Crippen LogP contribution in [0.5, 0.6) is 0 Å². The van der Waals surface area contributed by atoms with Gasteiger partial charge in [0.2, 0.25) is 5.43 Å². The van der Waals surface area contributed by atoms with Crippen molar-refractivity contribution in [2.75, 3.05) is 4.72 Å². The van der Waals surface area contributed by atoms with Crippen LogP contribution < -0.4 is 10.2 Å². The molecule has 3 rings (SSSR count). The molecule has 1 aromatic heterocycles. The van der Waals surface area contributed by atoms with E-state index in [-0.39, 0.29) is 4.90 Å². The molecule has 106 valence electrons. The van der Waals surface area contributed by atoms with Crippen LogP contribution in [0.3, 0.4) is 0 Å². The van der Waals surface area contributed by atoms with Crippen molar-refractivity contribution < 1.29 is 8.42 Å². The number of nitrogens with one attached hydrogen (secondary N) is 2. The summed E-state index contributed by atoms with van der Waals surface area (Å²) in [6, 6.07) is 15.2. The van der Waals surface area contributed by atoms with Crippen LogP contribution in [0.25, 0.3) is 10.9 Å². The van der Waals surface area contributed by atoms with Crippen LogP contribution in [0.1, 0.15) is 0 Å². The van der Waals surface area contributed by atoms with E-state index in [4.69, 9.17) is 0 Å². The molecule has 3 aromatic rings. The molecule has 0 atom stereocenters. The fourth-order valence-corrected chi connectivity index (χ4v) is 3.19. The zero-order valence-corrected chi connectivity index (χ0v) is 11.7. The van der Waals surface area contributed by atoms with Gasteiger partial charge < -0.3 is 4.98 Å². The number of hydrogen-bond donors (Lipinski definition) is 2. The number of benzene rings is 2. The first-order valence-electron chi connectivity index (χ1n) is 6.26. The third-order valence-electron chi connectivity index (χ3n) is 3.07. The Bertz CT molecular complexity index is 947. The van der Waals surface area contributed by atoms with Gasteiger partial charge in [0, 0.05) is 22.8 Å². The fourth-order valence-electron chi connectivity index (χ4n) is 2.06. The first-order valence-corrected chi connectivity index (χ1v) is 7.74. The van der Waals surface area contributed by atoms with E-state index in [0.29, 0.717) is 16.6 Å². The van der Waals surface area contributed by atoms with Gasteiger partial charge in [-0.2, -0.15) is 0 Å². The van der Waals surface area contributed by atoms with Crippen molar-refractivity contribution in [1.82, 2.24) is 4.98 Å². The van der Waals surface area contributed by atoms with E-state index in [1.165, 1.54) is 6.20 Å². The van der Waals surface area contributed by atoms with Crippen molar-refractivity contribution in [3.63, 3.8) is 0 Å². The van der Waals surface area contributed by atoms with Gasteiger partial charge in [-0.15, -0.1) is 0 Å². The summed E-state index contributed by atoms with van der Waals surface area (Å²) in [5.74, 6) is 0. The molecule has 0 aliphatic rings. The summed E-state index contributed by atoms with van der Waals surface area (Å²) in [5, 5.41) is 0.341. The molecular weight excluding hydrogens is 288 g/mol. The summed E-state index contributed by atoms with van der Waals surface area (Å²) in [6.07, 6.45) is 1.22. The maximum atomic E-state index is 12.3. The van der Waals surface area contributed by atoms with E-state index >= 15 is 0 Å². The molecular formula is C15H12N2O3S. The average Bonchev–Trinajstić information content (AvgIpc) is 2.48. The Morgan fingerprint density at radius 3 is 2.33 bits per heavy atom. The van der Waals surface area contributed by atoms with Crippen LogP contribution >= 0.6 is 0 Å². The van der Waals surface area contributed by atoms with Gasteiger partial charge in [-0.05, 0) is 24.3 Å². The molecule has 0 saturated carbocycles. The van der Waals surface area contributed by atoms with Crippen LogP contribution in [-0.2, 0) is 10.0 Å². The third-order valence-corrected chi connectivity index (χ3v) is 4.46. The summed E-state index contributed by atoms with van der Waals surface area (Å²) in [5.41, 5.74) is 0.485. The van der Waals surface area contributed by atoms with E-state index in [1.807, 2.05) is 0 Å². The Kier molecular flexibility index (Phi) is 3.23. The predicted octanol–water partition coefficient (Wildman–Crippen LogP) is 2.33. The Hall–Kier alpha value is -2.60. The number of aromatic nitrogens is 1. The molecule has 0 bridgehead atoms. The first-order chi connectivity index (χ1) is 10.1. The second-order valence-electron chi connectivity index (χ2n) is 4.50. The van der Waals surface area contributed by atoms with Gasteiger partial charge in [-0.1, -0.05) is 30.3 Å². The highest BCUT2D eigenvalue weighted by Gasteiger charge is 2.19. The molecule has 6 heteroatoms. The maximum absolute atomic E-state index is 12.3. The van der Waals surface area contributed by atoms with E-state index in [0.717, 1.165) is 0 Å². The highest BCUT2D eigenvalue weighted by Crippen LogP contribution is 2.14. The maximum Gasteiger partial charge on any atom is 0.267 e. The minimum absolute atomic E-state index is 0.301. The van der Waals surface area contributed by atoms with Crippen molar-refractivity contribution in [3.05, 3.63) is 71.0 Å². The van der Waals surface area contributed by atoms with Crippen LogP contribution in [0.2, 0.25) is 0 Å². The third kappa shape index (κ3) is 2.53. The van der Waals surface area contributed by atoms with Crippen LogP contribution in [0, 0.1) is 0 Å². The van der Waals surface area contributed by atoms with Crippen molar-refractivity contribution in [2.45, 2.75) is 4.90 Å². The molecule has 0 amide bonds. The zero-order chi connectivity index (χ0) is 14.9. The molecule has 1 heterocycles. The predicted molar refractivity (Wildman–Crippen MR) is 81.8 cm³/mol. The van der Waals surface area contributed by atoms with E-state index in [9.17, 15) is 13.2 Å². The van der Waals surface area contributed by atoms with Crippen LogP contribution in [-0.4, -0.2) is 13.4 Å². The van der Waals surface area contributed by atoms with Gasteiger partial charge in [0.05, 0.1) is 0 Å². The standard InChI is InChI=1S/C15H12N2O3S/c18-15-12-8-4-5-9-13(12)16-10-14(15)21(19,20)17-11-6-2-1-3-7-11/h1-10,17H,(H,16,18).